The maximum atomic E-state index is 13.1. The van der Waals surface area contributed by atoms with Gasteiger partial charge in [0.2, 0.25) is 0 Å². The zero-order valence-corrected chi connectivity index (χ0v) is 16.1. The standard InChI is InChI=1S/C21H25N5O/c1-14(2)16-6-4-7-17(11-16)20(27)25-9-5-8-18(12-25)19-10-15(3)24-21-22-13-23-26(19)21/h4,6-7,10-11,13-14,18H,5,8-9,12H2,1-3H3. The van der Waals surface area contributed by atoms with E-state index >= 15 is 0 Å². The lowest BCUT2D eigenvalue weighted by atomic mass is 9.93. The van der Waals surface area contributed by atoms with E-state index in [0.717, 1.165) is 36.3 Å². The highest BCUT2D eigenvalue weighted by Crippen LogP contribution is 2.28. The number of piperidine rings is 1. The minimum atomic E-state index is 0.114. The van der Waals surface area contributed by atoms with E-state index in [-0.39, 0.29) is 11.8 Å². The third kappa shape index (κ3) is 3.44. The monoisotopic (exact) mass is 363 g/mol. The summed E-state index contributed by atoms with van der Waals surface area (Å²) in [5, 5.41) is 4.33. The predicted octanol–water partition coefficient (Wildman–Crippen LogP) is 3.58. The maximum Gasteiger partial charge on any atom is 0.253 e. The van der Waals surface area contributed by atoms with Gasteiger partial charge in [-0.2, -0.15) is 10.1 Å². The van der Waals surface area contributed by atoms with Gasteiger partial charge in [-0.15, -0.1) is 0 Å². The van der Waals surface area contributed by atoms with Crippen molar-refractivity contribution in [3.8, 4) is 0 Å². The van der Waals surface area contributed by atoms with Gasteiger partial charge in [0.1, 0.15) is 6.33 Å². The summed E-state index contributed by atoms with van der Waals surface area (Å²) in [4.78, 5) is 23.7. The molecule has 1 aromatic carbocycles. The topological polar surface area (TPSA) is 63.4 Å². The Bertz CT molecular complexity index is 978. The van der Waals surface area contributed by atoms with E-state index in [0.29, 0.717) is 18.2 Å². The van der Waals surface area contributed by atoms with Crippen LogP contribution in [0, 0.1) is 6.92 Å². The molecule has 6 heteroatoms. The Labute approximate surface area is 159 Å². The molecule has 140 valence electrons. The highest BCUT2D eigenvalue weighted by Gasteiger charge is 2.27. The normalized spacial score (nSPS) is 17.6. The van der Waals surface area contributed by atoms with Crippen molar-refractivity contribution >= 4 is 11.7 Å². The zero-order valence-electron chi connectivity index (χ0n) is 16.1. The second-order valence-electron chi connectivity index (χ2n) is 7.66. The second kappa shape index (κ2) is 7.10. The summed E-state index contributed by atoms with van der Waals surface area (Å²) in [6.07, 6.45) is 3.56. The van der Waals surface area contributed by atoms with Gasteiger partial charge in [0.05, 0.1) is 5.69 Å². The van der Waals surface area contributed by atoms with E-state index < -0.39 is 0 Å². The highest BCUT2D eigenvalue weighted by molar-refractivity contribution is 5.94. The second-order valence-corrected chi connectivity index (χ2v) is 7.66. The third-order valence-electron chi connectivity index (χ3n) is 5.33. The van der Waals surface area contributed by atoms with Crippen LogP contribution in [0.25, 0.3) is 5.78 Å². The number of rotatable bonds is 3. The van der Waals surface area contributed by atoms with Gasteiger partial charge in [-0.3, -0.25) is 4.79 Å². The van der Waals surface area contributed by atoms with E-state index in [1.54, 1.807) is 0 Å². The molecule has 1 atom stereocenters. The van der Waals surface area contributed by atoms with Crippen LogP contribution in [0.5, 0.6) is 0 Å². The number of carbonyl (C=O) groups excluding carboxylic acids is 1. The third-order valence-corrected chi connectivity index (χ3v) is 5.33. The molecule has 0 aliphatic carbocycles. The van der Waals surface area contributed by atoms with Crippen molar-refractivity contribution in [1.29, 1.82) is 0 Å². The molecule has 3 aromatic rings. The number of amides is 1. The Balaban J connectivity index is 1.60. The largest absolute Gasteiger partial charge is 0.338 e. The molecule has 1 aliphatic rings. The molecule has 0 N–H and O–H groups in total. The summed E-state index contributed by atoms with van der Waals surface area (Å²) in [6, 6.07) is 10.1. The van der Waals surface area contributed by atoms with Crippen molar-refractivity contribution in [2.45, 2.75) is 45.4 Å². The number of nitrogens with zero attached hydrogens (tertiary/aromatic N) is 5. The fourth-order valence-corrected chi connectivity index (χ4v) is 3.87. The zero-order chi connectivity index (χ0) is 19.0. The number of aromatic nitrogens is 4. The maximum absolute atomic E-state index is 13.1. The highest BCUT2D eigenvalue weighted by atomic mass is 16.2. The first-order valence-electron chi connectivity index (χ1n) is 9.59. The molecule has 6 nitrogen and oxygen atoms in total. The lowest BCUT2D eigenvalue weighted by Crippen LogP contribution is -2.39. The molecule has 27 heavy (non-hydrogen) atoms. The molecule has 1 aliphatic heterocycles. The summed E-state index contributed by atoms with van der Waals surface area (Å²) < 4.78 is 1.81. The molecule has 2 aromatic heterocycles. The molecule has 1 unspecified atom stereocenters. The molecule has 1 amide bonds. The van der Waals surface area contributed by atoms with Crippen molar-refractivity contribution in [1.82, 2.24) is 24.5 Å². The van der Waals surface area contributed by atoms with E-state index in [4.69, 9.17) is 0 Å². The van der Waals surface area contributed by atoms with Crippen LogP contribution < -0.4 is 0 Å². The Morgan fingerprint density at radius 2 is 2.11 bits per heavy atom. The smallest absolute Gasteiger partial charge is 0.253 e. The minimum Gasteiger partial charge on any atom is -0.338 e. The number of carbonyl (C=O) groups is 1. The molecule has 0 saturated carbocycles. The van der Waals surface area contributed by atoms with Crippen LogP contribution in [0.15, 0.2) is 36.7 Å². The average molecular weight is 363 g/mol. The van der Waals surface area contributed by atoms with E-state index in [9.17, 15) is 4.79 Å². The van der Waals surface area contributed by atoms with E-state index in [1.807, 2.05) is 34.5 Å². The molecular formula is C21H25N5O. The van der Waals surface area contributed by atoms with Crippen LogP contribution in [0.1, 0.15) is 65.8 Å². The van der Waals surface area contributed by atoms with Gasteiger partial charge in [0.15, 0.2) is 0 Å². The quantitative estimate of drug-likeness (QED) is 0.713. The van der Waals surface area contributed by atoms with Crippen LogP contribution in [0.4, 0.5) is 0 Å². The Morgan fingerprint density at radius 3 is 2.93 bits per heavy atom. The summed E-state index contributed by atoms with van der Waals surface area (Å²) in [5.74, 6) is 1.38. The van der Waals surface area contributed by atoms with Crippen LogP contribution in [0.3, 0.4) is 0 Å². The van der Waals surface area contributed by atoms with Gasteiger partial charge < -0.3 is 4.90 Å². The minimum absolute atomic E-state index is 0.114. The van der Waals surface area contributed by atoms with Crippen molar-refractivity contribution in [3.05, 3.63) is 59.2 Å². The van der Waals surface area contributed by atoms with Crippen molar-refractivity contribution in [3.63, 3.8) is 0 Å². The van der Waals surface area contributed by atoms with Gasteiger partial charge >= 0.3 is 0 Å². The van der Waals surface area contributed by atoms with Gasteiger partial charge in [0.25, 0.3) is 11.7 Å². The number of hydrogen-bond donors (Lipinski definition) is 0. The van der Waals surface area contributed by atoms with Crippen LogP contribution in [0.2, 0.25) is 0 Å². The molecule has 1 fully saturated rings. The lowest BCUT2D eigenvalue weighted by Gasteiger charge is -2.33. The van der Waals surface area contributed by atoms with Gasteiger partial charge in [-0.05, 0) is 49.4 Å². The molecule has 0 spiro atoms. The van der Waals surface area contributed by atoms with Gasteiger partial charge in [-0.1, -0.05) is 26.0 Å². The molecular weight excluding hydrogens is 338 g/mol. The SMILES string of the molecule is Cc1cc(C2CCCN(C(=O)c3cccc(C(C)C)c3)C2)n2ncnc2n1. The van der Waals surface area contributed by atoms with Crippen LogP contribution in [-0.4, -0.2) is 43.5 Å². The molecule has 0 radical (unpaired) electrons. The molecule has 3 heterocycles. The fraction of sp³-hybridized carbons (Fsp3) is 0.429. The van der Waals surface area contributed by atoms with Gasteiger partial charge in [0, 0.05) is 30.3 Å². The average Bonchev–Trinajstić information content (AvgIpc) is 3.15. The van der Waals surface area contributed by atoms with Crippen molar-refractivity contribution in [2.24, 2.45) is 0 Å². The fourth-order valence-electron chi connectivity index (χ4n) is 3.87. The van der Waals surface area contributed by atoms with Crippen LogP contribution in [-0.2, 0) is 0 Å². The number of likely N-dealkylation sites (tertiary alicyclic amines) is 1. The summed E-state index contributed by atoms with van der Waals surface area (Å²) in [7, 11) is 0. The summed E-state index contributed by atoms with van der Waals surface area (Å²) in [6.45, 7) is 7.77. The Morgan fingerprint density at radius 1 is 1.26 bits per heavy atom. The summed E-state index contributed by atoms with van der Waals surface area (Å²) >= 11 is 0. The molecule has 0 bridgehead atoms. The van der Waals surface area contributed by atoms with Crippen LogP contribution >= 0.6 is 0 Å². The van der Waals surface area contributed by atoms with Gasteiger partial charge in [-0.25, -0.2) is 9.50 Å². The first-order valence-corrected chi connectivity index (χ1v) is 9.59. The number of aryl methyl sites for hydroxylation is 1. The Hall–Kier alpha value is -2.76. The predicted molar refractivity (Wildman–Crippen MR) is 104 cm³/mol. The van der Waals surface area contributed by atoms with Crippen molar-refractivity contribution in [2.75, 3.05) is 13.1 Å². The number of benzene rings is 1. The van der Waals surface area contributed by atoms with Crippen molar-refractivity contribution < 1.29 is 4.79 Å². The lowest BCUT2D eigenvalue weighted by molar-refractivity contribution is 0.0705. The van der Waals surface area contributed by atoms with E-state index in [1.165, 1.54) is 11.9 Å². The Kier molecular flexibility index (Phi) is 4.64. The summed E-state index contributed by atoms with van der Waals surface area (Å²) in [5.41, 5.74) is 3.99. The number of fused-ring (bicyclic) bond motifs is 1. The molecule has 1 saturated heterocycles. The van der Waals surface area contributed by atoms with E-state index in [2.05, 4.69) is 41.0 Å². The molecule has 4 rings (SSSR count). The number of hydrogen-bond acceptors (Lipinski definition) is 4. The first kappa shape index (κ1) is 17.6. The first-order chi connectivity index (χ1) is 13.0.